The van der Waals surface area contributed by atoms with Crippen molar-refractivity contribution in [2.45, 2.75) is 32.6 Å². The van der Waals surface area contributed by atoms with Crippen LogP contribution in [0.5, 0.6) is 0 Å². The fraction of sp³-hybridized carbons (Fsp3) is 0.381. The Morgan fingerprint density at radius 3 is 2.23 bits per heavy atom. The van der Waals surface area contributed by atoms with Gasteiger partial charge in [0.2, 0.25) is 15.9 Å². The SMILES string of the molecule is Cc1cc(C)cc(N([C@@H](C)C(=O)NCCSCc2c(Cl)cccc2Cl)S(C)(=O)=O)c1. The minimum Gasteiger partial charge on any atom is -0.353 e. The molecule has 1 amide bonds. The number of halogens is 2. The average Bonchev–Trinajstić information content (AvgIpc) is 2.61. The summed E-state index contributed by atoms with van der Waals surface area (Å²) in [6, 6.07) is 9.99. The van der Waals surface area contributed by atoms with Gasteiger partial charge < -0.3 is 5.32 Å². The van der Waals surface area contributed by atoms with E-state index in [0.717, 1.165) is 22.9 Å². The zero-order chi connectivity index (χ0) is 22.5. The molecule has 9 heteroatoms. The average molecular weight is 489 g/mol. The summed E-state index contributed by atoms with van der Waals surface area (Å²) in [6.07, 6.45) is 1.11. The molecule has 0 saturated carbocycles. The second-order valence-electron chi connectivity index (χ2n) is 7.12. The third-order valence-electron chi connectivity index (χ3n) is 4.40. The summed E-state index contributed by atoms with van der Waals surface area (Å²) in [5.41, 5.74) is 3.21. The van der Waals surface area contributed by atoms with Gasteiger partial charge in [0.25, 0.3) is 0 Å². The van der Waals surface area contributed by atoms with Crippen LogP contribution in [0.4, 0.5) is 5.69 Å². The molecule has 2 rings (SSSR count). The third kappa shape index (κ3) is 6.80. The number of anilines is 1. The van der Waals surface area contributed by atoms with Gasteiger partial charge in [0.05, 0.1) is 11.9 Å². The first kappa shape index (κ1) is 24.9. The molecule has 164 valence electrons. The summed E-state index contributed by atoms with van der Waals surface area (Å²) in [4.78, 5) is 12.6. The molecule has 0 aromatic heterocycles. The molecule has 0 spiro atoms. The maximum atomic E-state index is 12.6. The van der Waals surface area contributed by atoms with E-state index in [2.05, 4.69) is 5.32 Å². The molecule has 0 aliphatic rings. The molecule has 0 unspecified atom stereocenters. The van der Waals surface area contributed by atoms with Crippen LogP contribution in [0.15, 0.2) is 36.4 Å². The van der Waals surface area contributed by atoms with E-state index in [4.69, 9.17) is 23.2 Å². The molecule has 0 aliphatic carbocycles. The molecule has 0 aliphatic heterocycles. The lowest BCUT2D eigenvalue weighted by Gasteiger charge is -2.28. The van der Waals surface area contributed by atoms with Crippen LogP contribution >= 0.6 is 35.0 Å². The molecule has 1 N–H and O–H groups in total. The number of sulfonamides is 1. The van der Waals surface area contributed by atoms with Crippen molar-refractivity contribution in [2.24, 2.45) is 0 Å². The largest absolute Gasteiger partial charge is 0.353 e. The van der Waals surface area contributed by atoms with Gasteiger partial charge in [-0.05, 0) is 61.7 Å². The highest BCUT2D eigenvalue weighted by Gasteiger charge is 2.29. The lowest BCUT2D eigenvalue weighted by molar-refractivity contribution is -0.121. The van der Waals surface area contributed by atoms with Gasteiger partial charge in [0.15, 0.2) is 0 Å². The van der Waals surface area contributed by atoms with E-state index in [-0.39, 0.29) is 5.91 Å². The van der Waals surface area contributed by atoms with Crippen molar-refractivity contribution in [1.82, 2.24) is 5.32 Å². The van der Waals surface area contributed by atoms with Crippen LogP contribution in [0, 0.1) is 13.8 Å². The zero-order valence-electron chi connectivity index (χ0n) is 17.4. The monoisotopic (exact) mass is 488 g/mol. The highest BCUT2D eigenvalue weighted by atomic mass is 35.5. The van der Waals surface area contributed by atoms with Crippen LogP contribution in [-0.4, -0.2) is 38.9 Å². The highest BCUT2D eigenvalue weighted by molar-refractivity contribution is 7.98. The lowest BCUT2D eigenvalue weighted by Crippen LogP contribution is -2.48. The molecular formula is C21H26Cl2N2O3S2. The van der Waals surface area contributed by atoms with E-state index in [9.17, 15) is 13.2 Å². The molecule has 0 heterocycles. The van der Waals surface area contributed by atoms with Crippen molar-refractivity contribution in [2.75, 3.05) is 22.9 Å². The summed E-state index contributed by atoms with van der Waals surface area (Å²) in [5.74, 6) is 0.917. The smallest absolute Gasteiger partial charge is 0.243 e. The standard InChI is InChI=1S/C21H26Cl2N2O3S2/c1-14-10-15(2)12-17(11-14)25(30(4,27)28)16(3)21(26)24-8-9-29-13-18-19(22)6-5-7-20(18)23/h5-7,10-12,16H,8-9,13H2,1-4H3,(H,24,26)/t16-/m0/s1. The van der Waals surface area contributed by atoms with E-state index < -0.39 is 16.1 Å². The Kier molecular flexibility index (Phi) is 8.91. The van der Waals surface area contributed by atoms with E-state index in [0.29, 0.717) is 33.8 Å². The van der Waals surface area contributed by atoms with Gasteiger partial charge in [-0.1, -0.05) is 35.3 Å². The first-order valence-corrected chi connectivity index (χ1v) is 13.1. The van der Waals surface area contributed by atoms with Crippen LogP contribution in [-0.2, 0) is 20.6 Å². The molecule has 5 nitrogen and oxygen atoms in total. The fourth-order valence-corrected chi connectivity index (χ4v) is 5.88. The van der Waals surface area contributed by atoms with Crippen molar-refractivity contribution in [1.29, 1.82) is 0 Å². The van der Waals surface area contributed by atoms with Crippen LogP contribution in [0.2, 0.25) is 10.0 Å². The van der Waals surface area contributed by atoms with Crippen molar-refractivity contribution < 1.29 is 13.2 Å². The second kappa shape index (κ2) is 10.8. The first-order valence-electron chi connectivity index (χ1n) is 9.36. The number of carbonyl (C=O) groups excluding carboxylic acids is 1. The predicted molar refractivity (Wildman–Crippen MR) is 128 cm³/mol. The molecular weight excluding hydrogens is 463 g/mol. The van der Waals surface area contributed by atoms with Gasteiger partial charge in [-0.25, -0.2) is 8.42 Å². The van der Waals surface area contributed by atoms with Gasteiger partial charge in [0.1, 0.15) is 6.04 Å². The Hall–Kier alpha value is -1.41. The van der Waals surface area contributed by atoms with E-state index in [1.165, 1.54) is 4.31 Å². The molecule has 2 aromatic rings. The minimum atomic E-state index is -3.64. The number of hydrogen-bond donors (Lipinski definition) is 1. The Morgan fingerprint density at radius 1 is 1.13 bits per heavy atom. The first-order chi connectivity index (χ1) is 14.0. The number of nitrogens with zero attached hydrogens (tertiary/aromatic N) is 1. The number of aryl methyl sites for hydroxylation is 2. The number of rotatable bonds is 9. The molecule has 30 heavy (non-hydrogen) atoms. The summed E-state index contributed by atoms with van der Waals surface area (Å²) >= 11 is 13.9. The zero-order valence-corrected chi connectivity index (χ0v) is 20.6. The third-order valence-corrected chi connectivity index (χ3v) is 7.34. The van der Waals surface area contributed by atoms with Crippen molar-refractivity contribution in [3.05, 3.63) is 63.1 Å². The highest BCUT2D eigenvalue weighted by Crippen LogP contribution is 2.28. The van der Waals surface area contributed by atoms with Gasteiger partial charge in [-0.3, -0.25) is 9.10 Å². The number of carbonyl (C=O) groups is 1. The molecule has 0 radical (unpaired) electrons. The number of thioether (sulfide) groups is 1. The minimum absolute atomic E-state index is 0.351. The van der Waals surface area contributed by atoms with E-state index in [1.54, 1.807) is 49.0 Å². The summed E-state index contributed by atoms with van der Waals surface area (Å²) in [6.45, 7) is 5.78. The number of amides is 1. The summed E-state index contributed by atoms with van der Waals surface area (Å²) < 4.78 is 26.0. The molecule has 0 saturated heterocycles. The lowest BCUT2D eigenvalue weighted by atomic mass is 10.1. The van der Waals surface area contributed by atoms with Crippen molar-refractivity contribution >= 4 is 56.6 Å². The molecule has 0 bridgehead atoms. The Labute approximate surface area is 193 Å². The van der Waals surface area contributed by atoms with Crippen LogP contribution in [0.1, 0.15) is 23.6 Å². The topological polar surface area (TPSA) is 66.5 Å². The van der Waals surface area contributed by atoms with Gasteiger partial charge in [0, 0.05) is 28.1 Å². The molecule has 2 aromatic carbocycles. The van der Waals surface area contributed by atoms with E-state index in [1.807, 2.05) is 19.9 Å². The van der Waals surface area contributed by atoms with Crippen LogP contribution in [0.3, 0.4) is 0 Å². The summed E-state index contributed by atoms with van der Waals surface area (Å²) in [7, 11) is -3.64. The predicted octanol–water partition coefficient (Wildman–Crippen LogP) is 4.81. The normalized spacial score (nSPS) is 12.5. The van der Waals surface area contributed by atoms with Crippen molar-refractivity contribution in [3.63, 3.8) is 0 Å². The van der Waals surface area contributed by atoms with Gasteiger partial charge >= 0.3 is 0 Å². The summed E-state index contributed by atoms with van der Waals surface area (Å²) in [5, 5.41) is 4.05. The second-order valence-corrected chi connectivity index (χ2v) is 10.9. The van der Waals surface area contributed by atoms with Crippen LogP contribution in [0.25, 0.3) is 0 Å². The number of hydrogen-bond acceptors (Lipinski definition) is 4. The molecule has 0 fully saturated rings. The van der Waals surface area contributed by atoms with Crippen LogP contribution < -0.4 is 9.62 Å². The Morgan fingerprint density at radius 2 is 1.70 bits per heavy atom. The molecule has 1 atom stereocenters. The van der Waals surface area contributed by atoms with Gasteiger partial charge in [-0.2, -0.15) is 11.8 Å². The number of benzene rings is 2. The van der Waals surface area contributed by atoms with Crippen molar-refractivity contribution in [3.8, 4) is 0 Å². The maximum absolute atomic E-state index is 12.6. The Bertz CT molecular complexity index is 973. The quantitative estimate of drug-likeness (QED) is 0.514. The number of nitrogens with one attached hydrogen (secondary N) is 1. The van der Waals surface area contributed by atoms with Gasteiger partial charge in [-0.15, -0.1) is 0 Å². The maximum Gasteiger partial charge on any atom is 0.243 e. The fourth-order valence-electron chi connectivity index (χ4n) is 3.13. The van der Waals surface area contributed by atoms with E-state index >= 15 is 0 Å². The Balaban J connectivity index is 1.97.